The van der Waals surface area contributed by atoms with Gasteiger partial charge in [0, 0.05) is 40.8 Å². The van der Waals surface area contributed by atoms with Gasteiger partial charge in [-0.15, -0.1) is 0 Å². The SMILES string of the molecule is C[C@H](NC1CCC(O)CC1)C1NC(CC(C)(C)C)[C@@]2(C(=O)Nc3cc(Cl)ccc32)C1c1cccc(Cl)c1F. The molecule has 2 heterocycles. The van der Waals surface area contributed by atoms with Gasteiger partial charge in [-0.25, -0.2) is 4.39 Å². The molecule has 2 aromatic rings. The molecule has 2 aliphatic heterocycles. The number of anilines is 1. The van der Waals surface area contributed by atoms with E-state index in [0.717, 1.165) is 31.2 Å². The highest BCUT2D eigenvalue weighted by Gasteiger charge is 2.65. The minimum absolute atomic E-state index is 0.0484. The fourth-order valence-corrected chi connectivity index (χ4v) is 7.48. The van der Waals surface area contributed by atoms with Crippen molar-refractivity contribution in [2.75, 3.05) is 5.32 Å². The van der Waals surface area contributed by atoms with Gasteiger partial charge < -0.3 is 21.1 Å². The molecule has 38 heavy (non-hydrogen) atoms. The van der Waals surface area contributed by atoms with Crippen LogP contribution in [0.5, 0.6) is 0 Å². The third kappa shape index (κ3) is 4.88. The summed E-state index contributed by atoms with van der Waals surface area (Å²) in [6.45, 7) is 8.60. The Labute approximate surface area is 234 Å². The van der Waals surface area contributed by atoms with Crippen LogP contribution in [0, 0.1) is 11.2 Å². The third-order valence-electron chi connectivity index (χ3n) is 8.71. The zero-order valence-corrected chi connectivity index (χ0v) is 24.0. The van der Waals surface area contributed by atoms with Gasteiger partial charge in [0.05, 0.1) is 11.1 Å². The number of aliphatic hydroxyl groups is 1. The highest BCUT2D eigenvalue weighted by Crippen LogP contribution is 2.57. The number of benzene rings is 2. The number of hydrogen-bond acceptors (Lipinski definition) is 4. The zero-order chi connectivity index (χ0) is 27.4. The van der Waals surface area contributed by atoms with E-state index in [9.17, 15) is 9.90 Å². The Balaban J connectivity index is 1.66. The molecule has 0 aromatic heterocycles. The van der Waals surface area contributed by atoms with Crippen LogP contribution in [0.4, 0.5) is 10.1 Å². The van der Waals surface area contributed by atoms with Crippen LogP contribution in [-0.2, 0) is 10.2 Å². The van der Waals surface area contributed by atoms with Crippen molar-refractivity contribution in [1.82, 2.24) is 10.6 Å². The quantitative estimate of drug-likeness (QED) is 0.352. The van der Waals surface area contributed by atoms with Gasteiger partial charge in [0.2, 0.25) is 5.91 Å². The van der Waals surface area contributed by atoms with Crippen molar-refractivity contribution in [2.24, 2.45) is 5.41 Å². The minimum atomic E-state index is -1.05. The summed E-state index contributed by atoms with van der Waals surface area (Å²) in [7, 11) is 0. The number of carbonyl (C=O) groups excluding carboxylic acids is 1. The lowest BCUT2D eigenvalue weighted by Gasteiger charge is -2.39. The zero-order valence-electron chi connectivity index (χ0n) is 22.5. The molecule has 8 heteroatoms. The molecule has 1 saturated heterocycles. The van der Waals surface area contributed by atoms with E-state index in [1.165, 1.54) is 0 Å². The van der Waals surface area contributed by atoms with E-state index >= 15 is 4.39 Å². The topological polar surface area (TPSA) is 73.4 Å². The summed E-state index contributed by atoms with van der Waals surface area (Å²) in [5.41, 5.74) is 0.814. The van der Waals surface area contributed by atoms with Crippen molar-refractivity contribution in [1.29, 1.82) is 0 Å². The molecule has 1 saturated carbocycles. The first-order valence-corrected chi connectivity index (χ1v) is 14.4. The van der Waals surface area contributed by atoms with Gasteiger partial charge in [-0.2, -0.15) is 0 Å². The van der Waals surface area contributed by atoms with Crippen LogP contribution in [0.15, 0.2) is 36.4 Å². The molecular formula is C30H38Cl2FN3O2. The molecule has 5 atom stereocenters. The second-order valence-corrected chi connectivity index (χ2v) is 13.4. The van der Waals surface area contributed by atoms with Crippen molar-refractivity contribution in [3.8, 4) is 0 Å². The van der Waals surface area contributed by atoms with Crippen molar-refractivity contribution < 1.29 is 14.3 Å². The van der Waals surface area contributed by atoms with E-state index in [1.807, 2.05) is 12.1 Å². The van der Waals surface area contributed by atoms with Gasteiger partial charge in [-0.1, -0.05) is 62.2 Å². The monoisotopic (exact) mass is 561 g/mol. The molecule has 3 unspecified atom stereocenters. The second kappa shape index (κ2) is 10.4. The first-order valence-electron chi connectivity index (χ1n) is 13.7. The van der Waals surface area contributed by atoms with E-state index < -0.39 is 17.2 Å². The summed E-state index contributed by atoms with van der Waals surface area (Å²) in [6, 6.07) is 10.3. The van der Waals surface area contributed by atoms with Crippen LogP contribution < -0.4 is 16.0 Å². The first kappa shape index (κ1) is 27.9. The molecule has 2 aromatic carbocycles. The molecule has 4 N–H and O–H groups in total. The molecule has 1 amide bonds. The second-order valence-electron chi connectivity index (χ2n) is 12.6. The fraction of sp³-hybridized carbons (Fsp3) is 0.567. The first-order chi connectivity index (χ1) is 17.9. The maximum atomic E-state index is 15.9. The largest absolute Gasteiger partial charge is 0.393 e. The van der Waals surface area contributed by atoms with Gasteiger partial charge in [-0.3, -0.25) is 4.79 Å². The Hall–Kier alpha value is -1.70. The van der Waals surface area contributed by atoms with Crippen LogP contribution in [0.1, 0.15) is 76.8 Å². The predicted molar refractivity (Wildman–Crippen MR) is 152 cm³/mol. The lowest BCUT2D eigenvalue weighted by Crippen LogP contribution is -2.51. The maximum Gasteiger partial charge on any atom is 0.237 e. The van der Waals surface area contributed by atoms with E-state index in [2.05, 4.69) is 43.6 Å². The summed E-state index contributed by atoms with van der Waals surface area (Å²) in [6.07, 6.45) is 3.76. The standard InChI is InChI=1S/C30H38Cl2FN3O2/c1-16(34-18-9-11-19(37)12-10-18)27-25(20-6-5-7-22(32)26(20)33)30(24(36-27)15-29(2,3)4)21-13-8-17(31)14-23(21)35-28(30)38/h5-8,13-14,16,18-19,24-25,27,34,36-37H,9-12,15H2,1-4H3,(H,35,38)/t16-,18?,19?,24?,25?,27?,30+/m0/s1. The number of rotatable bonds is 5. The molecule has 1 aliphatic carbocycles. The van der Waals surface area contributed by atoms with Crippen LogP contribution in [0.25, 0.3) is 0 Å². The third-order valence-corrected chi connectivity index (χ3v) is 9.24. The normalized spacial score (nSPS) is 31.9. The van der Waals surface area contributed by atoms with Gasteiger partial charge in [0.1, 0.15) is 11.2 Å². The molecule has 2 fully saturated rings. The Morgan fingerprint density at radius 3 is 2.55 bits per heavy atom. The van der Waals surface area contributed by atoms with Crippen molar-refractivity contribution in [2.45, 2.75) is 101 Å². The van der Waals surface area contributed by atoms with E-state index in [-0.39, 0.29) is 46.6 Å². The van der Waals surface area contributed by atoms with Crippen LogP contribution in [0.2, 0.25) is 10.0 Å². The van der Waals surface area contributed by atoms with Gasteiger partial charge in [-0.05, 0) is 73.8 Å². The summed E-state index contributed by atoms with van der Waals surface area (Å²) in [5.74, 6) is -1.14. The number of nitrogens with one attached hydrogen (secondary N) is 3. The number of carbonyl (C=O) groups is 1. The molecule has 206 valence electrons. The average Bonchev–Trinajstić information content (AvgIpc) is 3.31. The summed E-state index contributed by atoms with van der Waals surface area (Å²) < 4.78 is 15.9. The average molecular weight is 563 g/mol. The number of fused-ring (bicyclic) bond motifs is 2. The number of amides is 1. The lowest BCUT2D eigenvalue weighted by molar-refractivity contribution is -0.122. The van der Waals surface area contributed by atoms with Crippen molar-refractivity contribution >= 4 is 34.8 Å². The number of hydrogen-bond donors (Lipinski definition) is 4. The van der Waals surface area contributed by atoms with Crippen LogP contribution in [0.3, 0.4) is 0 Å². The Bertz CT molecular complexity index is 1210. The molecule has 5 rings (SSSR count). The van der Waals surface area contributed by atoms with Gasteiger partial charge in [0.15, 0.2) is 0 Å². The Kier molecular flexibility index (Phi) is 7.60. The Morgan fingerprint density at radius 2 is 1.87 bits per heavy atom. The number of halogens is 3. The summed E-state index contributed by atoms with van der Waals surface area (Å²) >= 11 is 12.7. The number of aliphatic hydroxyl groups excluding tert-OH is 1. The van der Waals surface area contributed by atoms with Crippen LogP contribution in [-0.4, -0.2) is 41.3 Å². The maximum absolute atomic E-state index is 15.9. The lowest BCUT2D eigenvalue weighted by atomic mass is 9.62. The molecular weight excluding hydrogens is 524 g/mol. The summed E-state index contributed by atoms with van der Waals surface area (Å²) in [5, 5.41) is 21.3. The Morgan fingerprint density at radius 1 is 1.16 bits per heavy atom. The molecule has 5 nitrogen and oxygen atoms in total. The summed E-state index contributed by atoms with van der Waals surface area (Å²) in [4.78, 5) is 14.2. The van der Waals surface area contributed by atoms with Crippen LogP contribution >= 0.6 is 23.2 Å². The molecule has 0 radical (unpaired) electrons. The smallest absolute Gasteiger partial charge is 0.237 e. The molecule has 3 aliphatic rings. The van der Waals surface area contributed by atoms with E-state index in [4.69, 9.17) is 23.2 Å². The fourth-order valence-electron chi connectivity index (χ4n) is 7.13. The van der Waals surface area contributed by atoms with E-state index in [0.29, 0.717) is 22.7 Å². The van der Waals surface area contributed by atoms with Gasteiger partial charge >= 0.3 is 0 Å². The molecule has 0 bridgehead atoms. The van der Waals surface area contributed by atoms with Crippen molar-refractivity contribution in [3.05, 3.63) is 63.4 Å². The highest BCUT2D eigenvalue weighted by molar-refractivity contribution is 6.31. The van der Waals surface area contributed by atoms with Gasteiger partial charge in [0.25, 0.3) is 0 Å². The highest BCUT2D eigenvalue weighted by atomic mass is 35.5. The predicted octanol–water partition coefficient (Wildman–Crippen LogP) is 6.16. The van der Waals surface area contributed by atoms with Crippen molar-refractivity contribution in [3.63, 3.8) is 0 Å². The molecule has 1 spiro atoms. The minimum Gasteiger partial charge on any atom is -0.393 e. The van der Waals surface area contributed by atoms with E-state index in [1.54, 1.807) is 24.3 Å².